The third kappa shape index (κ3) is 3.77. The minimum Gasteiger partial charge on any atom is -0.329 e. The molecule has 0 saturated carbocycles. The summed E-state index contributed by atoms with van der Waals surface area (Å²) in [5.41, 5.74) is 3.72. The number of carbonyl (C=O) groups is 1. The molecule has 3 heterocycles. The van der Waals surface area contributed by atoms with Gasteiger partial charge in [0.1, 0.15) is 5.82 Å². The highest BCUT2D eigenvalue weighted by atomic mass is 32.1. The lowest BCUT2D eigenvalue weighted by molar-refractivity contribution is 0.190. The predicted octanol–water partition coefficient (Wildman–Crippen LogP) is 3.80. The van der Waals surface area contributed by atoms with E-state index < -0.39 is 0 Å². The monoisotopic (exact) mass is 367 g/mol. The van der Waals surface area contributed by atoms with Gasteiger partial charge >= 0.3 is 6.03 Å². The fourth-order valence-corrected chi connectivity index (χ4v) is 3.95. The topological polar surface area (TPSA) is 63.1 Å². The van der Waals surface area contributed by atoms with Crippen molar-refractivity contribution < 1.29 is 4.79 Å². The van der Waals surface area contributed by atoms with Gasteiger partial charge in [0, 0.05) is 42.5 Å². The number of urea groups is 1. The highest BCUT2D eigenvalue weighted by Gasteiger charge is 2.27. The number of rotatable bonds is 4. The second-order valence-electron chi connectivity index (χ2n) is 6.47. The summed E-state index contributed by atoms with van der Waals surface area (Å²) in [5.74, 6) is 1.29. The van der Waals surface area contributed by atoms with Crippen LogP contribution in [0.4, 0.5) is 10.5 Å². The van der Waals surface area contributed by atoms with Crippen molar-refractivity contribution in [1.29, 1.82) is 0 Å². The molecular formula is C19H21N5OS. The lowest BCUT2D eigenvalue weighted by Crippen LogP contribution is -2.42. The summed E-state index contributed by atoms with van der Waals surface area (Å²) in [7, 11) is 0. The number of nitrogens with one attached hydrogen (secondary N) is 1. The summed E-state index contributed by atoms with van der Waals surface area (Å²) in [4.78, 5) is 23.4. The molecule has 4 rings (SSSR count). The van der Waals surface area contributed by atoms with Crippen molar-refractivity contribution >= 4 is 23.1 Å². The predicted molar refractivity (Wildman–Crippen MR) is 102 cm³/mol. The highest BCUT2D eigenvalue weighted by molar-refractivity contribution is 7.07. The number of likely N-dealkylation sites (tertiary alicyclic amines) is 1. The molecule has 0 spiro atoms. The Labute approximate surface area is 156 Å². The zero-order chi connectivity index (χ0) is 17.8. The molecule has 1 aliphatic heterocycles. The number of thiazole rings is 1. The first-order chi connectivity index (χ1) is 12.8. The number of carbonyl (C=O) groups excluding carboxylic acids is 1. The van der Waals surface area contributed by atoms with Crippen LogP contribution in [0, 0.1) is 0 Å². The number of anilines is 1. The van der Waals surface area contributed by atoms with Crippen molar-refractivity contribution in [2.45, 2.75) is 25.3 Å². The second-order valence-corrected chi connectivity index (χ2v) is 7.19. The van der Waals surface area contributed by atoms with Gasteiger partial charge < -0.3 is 14.8 Å². The molecular weight excluding hydrogens is 346 g/mol. The Bertz CT molecular complexity index is 846. The van der Waals surface area contributed by atoms with E-state index in [1.807, 2.05) is 53.1 Å². The number of amides is 2. The van der Waals surface area contributed by atoms with E-state index >= 15 is 0 Å². The highest BCUT2D eigenvalue weighted by Crippen LogP contribution is 2.26. The zero-order valence-electron chi connectivity index (χ0n) is 14.4. The Morgan fingerprint density at radius 3 is 2.96 bits per heavy atom. The minimum atomic E-state index is -0.0430. The molecule has 1 N–H and O–H groups in total. The number of aromatic nitrogens is 3. The van der Waals surface area contributed by atoms with E-state index in [-0.39, 0.29) is 11.9 Å². The summed E-state index contributed by atoms with van der Waals surface area (Å²) >= 11 is 1.60. The molecule has 26 heavy (non-hydrogen) atoms. The molecule has 1 aromatic carbocycles. The molecule has 0 unspecified atom stereocenters. The van der Waals surface area contributed by atoms with Gasteiger partial charge in [0.05, 0.1) is 17.7 Å². The van der Waals surface area contributed by atoms with E-state index in [4.69, 9.17) is 0 Å². The Kier molecular flexibility index (Phi) is 4.97. The van der Waals surface area contributed by atoms with E-state index in [1.165, 1.54) is 0 Å². The SMILES string of the molecule is O=C(Nc1ccccc1)N1CCC[C@H](c2nccn2Cc2cscn2)C1. The number of hydrogen-bond acceptors (Lipinski definition) is 4. The maximum Gasteiger partial charge on any atom is 0.321 e. The Morgan fingerprint density at radius 1 is 1.27 bits per heavy atom. The van der Waals surface area contributed by atoms with Crippen LogP contribution in [0.1, 0.15) is 30.3 Å². The quantitative estimate of drug-likeness (QED) is 0.763. The number of benzene rings is 1. The van der Waals surface area contributed by atoms with Gasteiger partial charge in [-0.25, -0.2) is 14.8 Å². The standard InChI is InChI=1S/C19H21N5OS/c25-19(22-16-6-2-1-3-7-16)24-9-4-5-15(11-24)18-20-8-10-23(18)12-17-13-26-14-21-17/h1-3,6-8,10,13-15H,4-5,9,11-12H2,(H,22,25)/t15-/m0/s1. The van der Waals surface area contributed by atoms with Crippen LogP contribution in [0.15, 0.2) is 53.6 Å². The lowest BCUT2D eigenvalue weighted by Gasteiger charge is -2.32. The average molecular weight is 367 g/mol. The number of para-hydroxylation sites is 1. The van der Waals surface area contributed by atoms with Crippen LogP contribution in [0.5, 0.6) is 0 Å². The van der Waals surface area contributed by atoms with Gasteiger partial charge in [0.2, 0.25) is 0 Å². The van der Waals surface area contributed by atoms with E-state index in [0.29, 0.717) is 6.54 Å². The smallest absolute Gasteiger partial charge is 0.321 e. The van der Waals surface area contributed by atoms with Gasteiger partial charge in [-0.3, -0.25) is 0 Å². The van der Waals surface area contributed by atoms with Crippen molar-refractivity contribution in [3.05, 3.63) is 65.1 Å². The fraction of sp³-hybridized carbons (Fsp3) is 0.316. The molecule has 0 bridgehead atoms. The van der Waals surface area contributed by atoms with Crippen molar-refractivity contribution in [3.63, 3.8) is 0 Å². The van der Waals surface area contributed by atoms with E-state index in [9.17, 15) is 4.79 Å². The van der Waals surface area contributed by atoms with E-state index in [1.54, 1.807) is 11.3 Å². The van der Waals surface area contributed by atoms with Crippen LogP contribution in [-0.4, -0.2) is 38.6 Å². The number of imidazole rings is 1. The number of piperidine rings is 1. The first-order valence-corrected chi connectivity index (χ1v) is 9.73. The lowest BCUT2D eigenvalue weighted by atomic mass is 9.97. The molecule has 0 radical (unpaired) electrons. The van der Waals surface area contributed by atoms with Crippen molar-refractivity contribution in [1.82, 2.24) is 19.4 Å². The first kappa shape index (κ1) is 16.8. The van der Waals surface area contributed by atoms with Crippen molar-refractivity contribution in [2.24, 2.45) is 0 Å². The summed E-state index contributed by atoms with van der Waals surface area (Å²) in [6, 6.07) is 9.54. The number of hydrogen-bond donors (Lipinski definition) is 1. The van der Waals surface area contributed by atoms with Crippen LogP contribution in [0.3, 0.4) is 0 Å². The third-order valence-corrected chi connectivity index (χ3v) is 5.30. The summed E-state index contributed by atoms with van der Waals surface area (Å²) in [6.45, 7) is 2.19. The molecule has 0 aliphatic carbocycles. The van der Waals surface area contributed by atoms with Gasteiger partial charge in [-0.1, -0.05) is 18.2 Å². The Hall–Kier alpha value is -2.67. The van der Waals surface area contributed by atoms with Crippen LogP contribution in [0.25, 0.3) is 0 Å². The maximum absolute atomic E-state index is 12.6. The molecule has 1 aliphatic rings. The summed E-state index contributed by atoms with van der Waals surface area (Å²) in [6.07, 6.45) is 5.86. The Morgan fingerprint density at radius 2 is 2.15 bits per heavy atom. The van der Waals surface area contributed by atoms with Crippen molar-refractivity contribution in [2.75, 3.05) is 18.4 Å². The van der Waals surface area contributed by atoms with Crippen LogP contribution >= 0.6 is 11.3 Å². The average Bonchev–Trinajstić information content (AvgIpc) is 3.35. The summed E-state index contributed by atoms with van der Waals surface area (Å²) in [5, 5.41) is 5.04. The van der Waals surface area contributed by atoms with Gasteiger partial charge in [-0.2, -0.15) is 0 Å². The van der Waals surface area contributed by atoms with Crippen molar-refractivity contribution in [3.8, 4) is 0 Å². The van der Waals surface area contributed by atoms with Crippen LogP contribution < -0.4 is 5.32 Å². The van der Waals surface area contributed by atoms with Crippen LogP contribution in [0.2, 0.25) is 0 Å². The number of nitrogens with zero attached hydrogens (tertiary/aromatic N) is 4. The maximum atomic E-state index is 12.6. The van der Waals surface area contributed by atoms with Gasteiger partial charge in [0.25, 0.3) is 0 Å². The minimum absolute atomic E-state index is 0.0430. The molecule has 1 saturated heterocycles. The molecule has 3 aromatic rings. The fourth-order valence-electron chi connectivity index (χ4n) is 3.40. The van der Waals surface area contributed by atoms with Gasteiger partial charge in [-0.05, 0) is 25.0 Å². The molecule has 2 aromatic heterocycles. The van der Waals surface area contributed by atoms with Crippen LogP contribution in [-0.2, 0) is 6.54 Å². The normalized spacial score (nSPS) is 17.2. The molecule has 7 heteroatoms. The molecule has 6 nitrogen and oxygen atoms in total. The zero-order valence-corrected chi connectivity index (χ0v) is 15.2. The molecule has 1 atom stereocenters. The third-order valence-electron chi connectivity index (χ3n) is 4.66. The summed E-state index contributed by atoms with van der Waals surface area (Å²) < 4.78 is 2.15. The Balaban J connectivity index is 1.44. The second kappa shape index (κ2) is 7.70. The largest absolute Gasteiger partial charge is 0.329 e. The van der Waals surface area contributed by atoms with Gasteiger partial charge in [0.15, 0.2) is 0 Å². The van der Waals surface area contributed by atoms with Gasteiger partial charge in [-0.15, -0.1) is 11.3 Å². The van der Waals surface area contributed by atoms with E-state index in [0.717, 1.165) is 43.1 Å². The molecule has 134 valence electrons. The molecule has 1 fully saturated rings. The molecule has 2 amide bonds. The van der Waals surface area contributed by atoms with E-state index in [2.05, 4.69) is 25.2 Å². The first-order valence-electron chi connectivity index (χ1n) is 8.78.